The summed E-state index contributed by atoms with van der Waals surface area (Å²) in [5.41, 5.74) is 0. The third kappa shape index (κ3) is 3.48. The summed E-state index contributed by atoms with van der Waals surface area (Å²) in [7, 11) is 0. The average molecular weight is 269 g/mol. The lowest BCUT2D eigenvalue weighted by Gasteiger charge is -2.40. The number of piperidine rings is 1. The molecule has 0 bridgehead atoms. The van der Waals surface area contributed by atoms with Gasteiger partial charge in [-0.1, -0.05) is 6.92 Å². The molecule has 0 aromatic heterocycles. The highest BCUT2D eigenvalue weighted by Gasteiger charge is 2.34. The first-order valence-corrected chi connectivity index (χ1v) is 7.62. The molecule has 0 aromatic rings. The molecule has 1 amide bonds. The molecule has 2 aliphatic heterocycles. The molecule has 110 valence electrons. The van der Waals surface area contributed by atoms with Gasteiger partial charge in [0.25, 0.3) is 0 Å². The van der Waals surface area contributed by atoms with Gasteiger partial charge in [-0.05, 0) is 44.4 Å². The fourth-order valence-electron chi connectivity index (χ4n) is 3.32. The predicted molar refractivity (Wildman–Crippen MR) is 73.7 cm³/mol. The summed E-state index contributed by atoms with van der Waals surface area (Å²) >= 11 is 0. The van der Waals surface area contributed by atoms with E-state index in [9.17, 15) is 9.90 Å². The zero-order valence-corrected chi connectivity index (χ0v) is 12.2. The quantitative estimate of drug-likeness (QED) is 0.848. The van der Waals surface area contributed by atoms with E-state index < -0.39 is 0 Å². The van der Waals surface area contributed by atoms with Crippen molar-refractivity contribution in [3.8, 4) is 0 Å². The van der Waals surface area contributed by atoms with Gasteiger partial charge in [-0.2, -0.15) is 0 Å². The van der Waals surface area contributed by atoms with E-state index >= 15 is 0 Å². The molecule has 2 saturated heterocycles. The molecule has 2 rings (SSSR count). The monoisotopic (exact) mass is 269 g/mol. The highest BCUT2D eigenvalue weighted by Crippen LogP contribution is 2.29. The van der Waals surface area contributed by atoms with Gasteiger partial charge in [-0.25, -0.2) is 0 Å². The largest absolute Gasteiger partial charge is 0.396 e. The number of rotatable bonds is 3. The summed E-state index contributed by atoms with van der Waals surface area (Å²) in [6, 6.07) is 0.317. The van der Waals surface area contributed by atoms with E-state index in [1.54, 1.807) is 0 Å². The van der Waals surface area contributed by atoms with Crippen molar-refractivity contribution in [2.45, 2.75) is 45.6 Å². The van der Waals surface area contributed by atoms with Gasteiger partial charge in [-0.15, -0.1) is 0 Å². The van der Waals surface area contributed by atoms with Gasteiger partial charge in [0.1, 0.15) is 0 Å². The lowest BCUT2D eigenvalue weighted by atomic mass is 9.84. The van der Waals surface area contributed by atoms with Crippen molar-refractivity contribution in [3.63, 3.8) is 0 Å². The summed E-state index contributed by atoms with van der Waals surface area (Å²) in [6.45, 7) is 6.69. The van der Waals surface area contributed by atoms with Crippen LogP contribution in [0.3, 0.4) is 0 Å². The number of nitrogens with zero attached hydrogens (tertiary/aromatic N) is 1. The van der Waals surface area contributed by atoms with E-state index in [1.165, 1.54) is 0 Å². The molecule has 3 unspecified atom stereocenters. The summed E-state index contributed by atoms with van der Waals surface area (Å²) in [4.78, 5) is 14.7. The number of likely N-dealkylation sites (tertiary alicyclic amines) is 1. The van der Waals surface area contributed by atoms with Gasteiger partial charge in [0.2, 0.25) is 5.91 Å². The van der Waals surface area contributed by atoms with Crippen LogP contribution in [0.15, 0.2) is 0 Å². The van der Waals surface area contributed by atoms with E-state index in [-0.39, 0.29) is 24.3 Å². The van der Waals surface area contributed by atoms with Gasteiger partial charge in [-0.3, -0.25) is 4.79 Å². The maximum Gasteiger partial charge on any atom is 0.225 e. The van der Waals surface area contributed by atoms with Crippen molar-refractivity contribution in [2.24, 2.45) is 17.8 Å². The van der Waals surface area contributed by atoms with E-state index in [0.717, 1.165) is 45.4 Å². The Kier molecular flexibility index (Phi) is 5.22. The zero-order chi connectivity index (χ0) is 13.8. The third-order valence-corrected chi connectivity index (χ3v) is 4.88. The second kappa shape index (κ2) is 6.71. The van der Waals surface area contributed by atoms with Crippen LogP contribution in [0.4, 0.5) is 0 Å². The van der Waals surface area contributed by atoms with E-state index in [2.05, 4.69) is 13.8 Å². The minimum atomic E-state index is 0.0868. The smallest absolute Gasteiger partial charge is 0.225 e. The highest BCUT2D eigenvalue weighted by molar-refractivity contribution is 5.79. The SMILES string of the molecule is CC(C(=O)N1CC(CO)CCC1C)C1CCOCC1. The molecule has 0 aromatic carbocycles. The number of ether oxygens (including phenoxy) is 1. The van der Waals surface area contributed by atoms with Crippen LogP contribution in [-0.2, 0) is 9.53 Å². The molecular weight excluding hydrogens is 242 g/mol. The van der Waals surface area contributed by atoms with Crippen LogP contribution >= 0.6 is 0 Å². The summed E-state index contributed by atoms with van der Waals surface area (Å²) < 4.78 is 5.37. The Morgan fingerprint density at radius 1 is 1.32 bits per heavy atom. The Balaban J connectivity index is 1.96. The highest BCUT2D eigenvalue weighted by atomic mass is 16.5. The number of amides is 1. The number of carbonyl (C=O) groups excluding carboxylic acids is 1. The number of aliphatic hydroxyl groups is 1. The maximum absolute atomic E-state index is 12.7. The maximum atomic E-state index is 12.7. The molecule has 0 spiro atoms. The van der Waals surface area contributed by atoms with Crippen LogP contribution in [0.1, 0.15) is 39.5 Å². The van der Waals surface area contributed by atoms with Crippen LogP contribution in [0.5, 0.6) is 0 Å². The van der Waals surface area contributed by atoms with E-state index in [1.807, 2.05) is 4.90 Å². The second-order valence-corrected chi connectivity index (χ2v) is 6.20. The topological polar surface area (TPSA) is 49.8 Å². The Morgan fingerprint density at radius 2 is 2.00 bits per heavy atom. The fourth-order valence-corrected chi connectivity index (χ4v) is 3.32. The number of aliphatic hydroxyl groups excluding tert-OH is 1. The first kappa shape index (κ1) is 14.8. The van der Waals surface area contributed by atoms with Crippen molar-refractivity contribution >= 4 is 5.91 Å². The number of hydrogen-bond acceptors (Lipinski definition) is 3. The normalized spacial score (nSPS) is 31.2. The van der Waals surface area contributed by atoms with Crippen LogP contribution in [-0.4, -0.2) is 48.3 Å². The lowest BCUT2D eigenvalue weighted by Crippen LogP contribution is -2.49. The minimum Gasteiger partial charge on any atom is -0.396 e. The molecule has 0 aliphatic carbocycles. The Labute approximate surface area is 116 Å². The number of carbonyl (C=O) groups is 1. The molecule has 1 N–H and O–H groups in total. The van der Waals surface area contributed by atoms with Crippen molar-refractivity contribution in [2.75, 3.05) is 26.4 Å². The van der Waals surface area contributed by atoms with Gasteiger partial charge in [0.05, 0.1) is 0 Å². The molecule has 2 aliphatic rings. The summed E-state index contributed by atoms with van der Waals surface area (Å²) in [6.07, 6.45) is 4.04. The fraction of sp³-hybridized carbons (Fsp3) is 0.933. The van der Waals surface area contributed by atoms with Gasteiger partial charge >= 0.3 is 0 Å². The molecule has 3 atom stereocenters. The van der Waals surface area contributed by atoms with Crippen molar-refractivity contribution in [1.82, 2.24) is 4.90 Å². The van der Waals surface area contributed by atoms with Gasteiger partial charge in [0, 0.05) is 38.3 Å². The lowest BCUT2D eigenvalue weighted by molar-refractivity contribution is -0.142. The molecule has 19 heavy (non-hydrogen) atoms. The number of hydrogen-bond donors (Lipinski definition) is 1. The van der Waals surface area contributed by atoms with Crippen LogP contribution in [0.25, 0.3) is 0 Å². The van der Waals surface area contributed by atoms with Crippen molar-refractivity contribution < 1.29 is 14.6 Å². The van der Waals surface area contributed by atoms with E-state index in [4.69, 9.17) is 4.74 Å². The van der Waals surface area contributed by atoms with Crippen LogP contribution in [0.2, 0.25) is 0 Å². The molecule has 2 fully saturated rings. The summed E-state index contributed by atoms with van der Waals surface area (Å²) in [5.74, 6) is 1.09. The third-order valence-electron chi connectivity index (χ3n) is 4.88. The van der Waals surface area contributed by atoms with E-state index in [0.29, 0.717) is 12.0 Å². The van der Waals surface area contributed by atoms with Gasteiger partial charge < -0.3 is 14.7 Å². The Hall–Kier alpha value is -0.610. The molecule has 4 nitrogen and oxygen atoms in total. The molecule has 0 radical (unpaired) electrons. The van der Waals surface area contributed by atoms with Gasteiger partial charge in [0.15, 0.2) is 0 Å². The summed E-state index contributed by atoms with van der Waals surface area (Å²) in [5, 5.41) is 9.31. The van der Waals surface area contributed by atoms with Crippen LogP contribution < -0.4 is 0 Å². The molecule has 2 heterocycles. The zero-order valence-electron chi connectivity index (χ0n) is 12.2. The Morgan fingerprint density at radius 3 is 2.63 bits per heavy atom. The molecule has 0 saturated carbocycles. The van der Waals surface area contributed by atoms with Crippen molar-refractivity contribution in [1.29, 1.82) is 0 Å². The molecular formula is C15H27NO3. The predicted octanol–water partition coefficient (Wildman–Crippen LogP) is 1.67. The molecule has 4 heteroatoms. The second-order valence-electron chi connectivity index (χ2n) is 6.20. The van der Waals surface area contributed by atoms with Crippen molar-refractivity contribution in [3.05, 3.63) is 0 Å². The van der Waals surface area contributed by atoms with Crippen LogP contribution in [0, 0.1) is 17.8 Å². The minimum absolute atomic E-state index is 0.0868. The average Bonchev–Trinajstić information content (AvgIpc) is 2.47. The first-order valence-electron chi connectivity index (χ1n) is 7.62. The first-order chi connectivity index (χ1) is 9.13. The Bertz CT molecular complexity index is 302. The standard InChI is InChI=1S/C15H27NO3/c1-11-3-4-13(10-17)9-16(11)15(18)12(2)14-5-7-19-8-6-14/h11-14,17H,3-10H2,1-2H3.